The zero-order chi connectivity index (χ0) is 11.6. The second-order valence-corrected chi connectivity index (χ2v) is 2.60. The topological polar surface area (TPSA) is 9.23 Å². The van der Waals surface area contributed by atoms with E-state index in [1.165, 1.54) is 0 Å². The van der Waals surface area contributed by atoms with E-state index in [-0.39, 0.29) is 13.0 Å². The summed E-state index contributed by atoms with van der Waals surface area (Å²) in [5.41, 5.74) is 0. The van der Waals surface area contributed by atoms with Crippen molar-refractivity contribution in [3.63, 3.8) is 0 Å². The van der Waals surface area contributed by atoms with Gasteiger partial charge in [0.05, 0.1) is 6.61 Å². The summed E-state index contributed by atoms with van der Waals surface area (Å²) in [4.78, 5) is 0. The predicted octanol–water partition coefficient (Wildman–Crippen LogP) is 2.99. The summed E-state index contributed by atoms with van der Waals surface area (Å²) in [7, 11) is 0. The van der Waals surface area contributed by atoms with Crippen molar-refractivity contribution in [2.75, 3.05) is 6.61 Å². The van der Waals surface area contributed by atoms with Gasteiger partial charge in [-0.05, 0) is 13.3 Å². The van der Waals surface area contributed by atoms with Gasteiger partial charge in [0, 0.05) is 0 Å². The van der Waals surface area contributed by atoms with Gasteiger partial charge in [0.1, 0.15) is 0 Å². The molecule has 15 heavy (non-hydrogen) atoms. The molecule has 1 aromatic rings. The Balaban J connectivity index is 3.26. The van der Waals surface area contributed by atoms with Gasteiger partial charge in [-0.25, -0.2) is 13.2 Å². The highest BCUT2D eigenvalue weighted by atomic mass is 19.2. The van der Waals surface area contributed by atoms with Gasteiger partial charge < -0.3 is 4.74 Å². The molecule has 0 aliphatic rings. The summed E-state index contributed by atoms with van der Waals surface area (Å²) in [5, 5.41) is 0. The first kappa shape index (κ1) is 11.7. The third-order valence-electron chi connectivity index (χ3n) is 1.56. The van der Waals surface area contributed by atoms with Gasteiger partial charge in [-0.3, -0.25) is 0 Å². The molecular weight excluding hydrogens is 219 g/mol. The minimum absolute atomic E-state index is 0.138. The maximum absolute atomic E-state index is 12.9. The van der Waals surface area contributed by atoms with Crippen molar-refractivity contribution in [1.82, 2.24) is 0 Å². The molecule has 0 heterocycles. The van der Waals surface area contributed by atoms with Gasteiger partial charge >= 0.3 is 0 Å². The Kier molecular flexibility index (Phi) is 3.49. The number of rotatable bonds is 3. The molecule has 0 saturated heterocycles. The van der Waals surface area contributed by atoms with Crippen molar-refractivity contribution in [2.45, 2.75) is 6.42 Å². The van der Waals surface area contributed by atoms with E-state index < -0.39 is 34.8 Å². The SMILES string of the molecule is [CH2]CCOc1c(F)c(F)c(F)c(F)c1F. The molecule has 0 unspecified atom stereocenters. The lowest BCUT2D eigenvalue weighted by Gasteiger charge is -2.08. The molecule has 0 bridgehead atoms. The van der Waals surface area contributed by atoms with Crippen LogP contribution in [0.1, 0.15) is 6.42 Å². The van der Waals surface area contributed by atoms with Gasteiger partial charge in [-0.2, -0.15) is 8.78 Å². The lowest BCUT2D eigenvalue weighted by Crippen LogP contribution is -2.07. The summed E-state index contributed by atoms with van der Waals surface area (Å²) in [5.74, 6) is -11.5. The molecule has 1 nitrogen and oxygen atoms in total. The molecule has 0 saturated carbocycles. The van der Waals surface area contributed by atoms with Crippen LogP contribution in [0.5, 0.6) is 5.75 Å². The van der Waals surface area contributed by atoms with E-state index in [9.17, 15) is 22.0 Å². The number of ether oxygens (including phenoxy) is 1. The summed E-state index contributed by atoms with van der Waals surface area (Å²) in [6.45, 7) is 3.05. The Morgan fingerprint density at radius 3 is 1.60 bits per heavy atom. The minimum Gasteiger partial charge on any atom is -0.487 e. The molecule has 1 radical (unpaired) electrons. The monoisotopic (exact) mass is 225 g/mol. The van der Waals surface area contributed by atoms with E-state index in [4.69, 9.17) is 0 Å². The Bertz CT molecular complexity index is 348. The maximum atomic E-state index is 12.9. The van der Waals surface area contributed by atoms with Crippen molar-refractivity contribution in [1.29, 1.82) is 0 Å². The van der Waals surface area contributed by atoms with E-state index in [1.54, 1.807) is 0 Å². The molecule has 0 aliphatic carbocycles. The fourth-order valence-corrected chi connectivity index (χ4v) is 0.886. The minimum atomic E-state index is -2.20. The van der Waals surface area contributed by atoms with Crippen LogP contribution in [0, 0.1) is 36.0 Å². The van der Waals surface area contributed by atoms with E-state index in [0.29, 0.717) is 0 Å². The highest BCUT2D eigenvalue weighted by Gasteiger charge is 2.26. The van der Waals surface area contributed by atoms with Crippen LogP contribution in [0.2, 0.25) is 0 Å². The number of halogens is 5. The van der Waals surface area contributed by atoms with Crippen LogP contribution in [0.25, 0.3) is 0 Å². The molecule has 0 fully saturated rings. The molecule has 0 spiro atoms. The summed E-state index contributed by atoms with van der Waals surface area (Å²) >= 11 is 0. The molecule has 6 heteroatoms. The van der Waals surface area contributed by atoms with Crippen molar-refractivity contribution < 1.29 is 26.7 Å². The summed E-state index contributed by atoms with van der Waals surface area (Å²) < 4.78 is 67.8. The van der Waals surface area contributed by atoms with Crippen LogP contribution >= 0.6 is 0 Å². The van der Waals surface area contributed by atoms with Crippen molar-refractivity contribution in [3.8, 4) is 5.75 Å². The van der Waals surface area contributed by atoms with Crippen LogP contribution in [0.4, 0.5) is 22.0 Å². The number of hydrogen-bond donors (Lipinski definition) is 0. The molecule has 1 aromatic carbocycles. The zero-order valence-corrected chi connectivity index (χ0v) is 7.42. The average Bonchev–Trinajstić information content (AvgIpc) is 2.24. The highest BCUT2D eigenvalue weighted by Crippen LogP contribution is 2.28. The van der Waals surface area contributed by atoms with Crippen molar-refractivity contribution in [3.05, 3.63) is 36.0 Å². The van der Waals surface area contributed by atoms with E-state index >= 15 is 0 Å². The molecular formula is C9H6F5O. The second kappa shape index (κ2) is 4.46. The Labute approximate surface area is 82.5 Å². The molecule has 0 amide bonds. The van der Waals surface area contributed by atoms with E-state index in [0.717, 1.165) is 0 Å². The van der Waals surface area contributed by atoms with E-state index in [1.807, 2.05) is 0 Å². The Morgan fingerprint density at radius 2 is 1.20 bits per heavy atom. The van der Waals surface area contributed by atoms with Crippen LogP contribution in [-0.4, -0.2) is 6.61 Å². The maximum Gasteiger partial charge on any atom is 0.206 e. The third-order valence-corrected chi connectivity index (χ3v) is 1.56. The predicted molar refractivity (Wildman–Crippen MR) is 41.7 cm³/mol. The normalized spacial score (nSPS) is 10.5. The van der Waals surface area contributed by atoms with Gasteiger partial charge in [-0.15, -0.1) is 0 Å². The van der Waals surface area contributed by atoms with Gasteiger partial charge in [0.2, 0.25) is 29.1 Å². The fourth-order valence-electron chi connectivity index (χ4n) is 0.886. The first-order valence-electron chi connectivity index (χ1n) is 3.94. The third kappa shape index (κ3) is 2.03. The molecule has 0 aliphatic heterocycles. The van der Waals surface area contributed by atoms with Gasteiger partial charge in [0.25, 0.3) is 0 Å². The lowest BCUT2D eigenvalue weighted by atomic mass is 10.2. The largest absolute Gasteiger partial charge is 0.487 e. The standard InChI is InChI=1S/C9H6F5O/c1-2-3-15-9-7(13)5(11)4(10)6(12)8(9)14/h1-3H2. The Morgan fingerprint density at radius 1 is 0.800 bits per heavy atom. The van der Waals surface area contributed by atoms with E-state index in [2.05, 4.69) is 11.7 Å². The molecule has 0 atom stereocenters. The van der Waals surface area contributed by atoms with Crippen LogP contribution in [0.3, 0.4) is 0 Å². The molecule has 1 rings (SSSR count). The highest BCUT2D eigenvalue weighted by molar-refractivity contribution is 5.29. The number of hydrogen-bond acceptors (Lipinski definition) is 1. The average molecular weight is 225 g/mol. The van der Waals surface area contributed by atoms with Crippen molar-refractivity contribution in [2.24, 2.45) is 0 Å². The summed E-state index contributed by atoms with van der Waals surface area (Å²) in [6.07, 6.45) is 0.138. The van der Waals surface area contributed by atoms with Gasteiger partial charge in [0.15, 0.2) is 5.75 Å². The quantitative estimate of drug-likeness (QED) is 0.436. The van der Waals surface area contributed by atoms with Crippen LogP contribution < -0.4 is 4.74 Å². The molecule has 0 aromatic heterocycles. The second-order valence-electron chi connectivity index (χ2n) is 2.60. The smallest absolute Gasteiger partial charge is 0.206 e. The fraction of sp³-hybridized carbons (Fsp3) is 0.222. The van der Waals surface area contributed by atoms with Gasteiger partial charge in [-0.1, -0.05) is 0 Å². The molecule has 0 N–H and O–H groups in total. The zero-order valence-electron chi connectivity index (χ0n) is 7.42. The Hall–Kier alpha value is -1.33. The van der Waals surface area contributed by atoms with Crippen molar-refractivity contribution >= 4 is 0 Å². The summed E-state index contributed by atoms with van der Waals surface area (Å²) in [6, 6.07) is 0. The first-order valence-corrected chi connectivity index (χ1v) is 3.94. The lowest BCUT2D eigenvalue weighted by molar-refractivity contribution is 0.266. The van der Waals surface area contributed by atoms with Crippen LogP contribution in [-0.2, 0) is 0 Å². The van der Waals surface area contributed by atoms with Crippen LogP contribution in [0.15, 0.2) is 0 Å². The molecule has 83 valence electrons. The first-order chi connectivity index (χ1) is 7.00. The number of benzene rings is 1.